The van der Waals surface area contributed by atoms with Crippen molar-refractivity contribution in [3.63, 3.8) is 0 Å². The number of aromatic hydroxyl groups is 1. The molecular weight excluding hydrogens is 470 g/mol. The average Bonchev–Trinajstić information content (AvgIpc) is 3.06. The van der Waals surface area contributed by atoms with Crippen molar-refractivity contribution < 1.29 is 24.2 Å². The van der Waals surface area contributed by atoms with Crippen LogP contribution < -0.4 is 25.4 Å². The van der Waals surface area contributed by atoms with Crippen LogP contribution in [0, 0.1) is 0 Å². The van der Waals surface area contributed by atoms with E-state index >= 15 is 0 Å². The van der Waals surface area contributed by atoms with E-state index in [1.807, 2.05) is 36.4 Å². The molecule has 0 spiro atoms. The van der Waals surface area contributed by atoms with E-state index in [9.17, 15) is 14.7 Å². The molecule has 8 heteroatoms. The van der Waals surface area contributed by atoms with Crippen LogP contribution >= 0.6 is 0 Å². The molecule has 0 unspecified atom stereocenters. The molecular formula is C29H25N3O5. The van der Waals surface area contributed by atoms with Gasteiger partial charge in [0.25, 0.3) is 11.8 Å². The maximum atomic E-state index is 13.0. The van der Waals surface area contributed by atoms with Crippen molar-refractivity contribution in [2.24, 2.45) is 0 Å². The Morgan fingerprint density at radius 3 is 2.38 bits per heavy atom. The molecule has 0 atom stereocenters. The zero-order chi connectivity index (χ0) is 25.9. The predicted octanol–water partition coefficient (Wildman–Crippen LogP) is 5.32. The molecule has 4 aromatic carbocycles. The first-order valence-corrected chi connectivity index (χ1v) is 11.6. The zero-order valence-corrected chi connectivity index (χ0v) is 20.3. The number of para-hydroxylation sites is 1. The van der Waals surface area contributed by atoms with Gasteiger partial charge >= 0.3 is 0 Å². The van der Waals surface area contributed by atoms with E-state index in [0.29, 0.717) is 46.2 Å². The number of benzene rings is 4. The number of phenols is 1. The first kappa shape index (κ1) is 23.7. The summed E-state index contributed by atoms with van der Waals surface area (Å²) >= 11 is 0. The SMILES string of the molecule is COc1cc(-c2ccc3c(c2)Nc2ccc(C(=O)NCc4ccccc4OC)cc2NC3=O)ccc1O. The van der Waals surface area contributed by atoms with Crippen molar-refractivity contribution in [1.29, 1.82) is 0 Å². The Labute approximate surface area is 213 Å². The Bertz CT molecular complexity index is 1520. The van der Waals surface area contributed by atoms with E-state index in [1.54, 1.807) is 49.6 Å². The molecule has 0 bridgehead atoms. The molecule has 4 N–H and O–H groups in total. The quantitative estimate of drug-likeness (QED) is 0.289. The van der Waals surface area contributed by atoms with Crippen LogP contribution in [0.5, 0.6) is 17.2 Å². The van der Waals surface area contributed by atoms with Gasteiger partial charge in [0.1, 0.15) is 5.75 Å². The number of anilines is 3. The van der Waals surface area contributed by atoms with Gasteiger partial charge in [0.15, 0.2) is 11.5 Å². The van der Waals surface area contributed by atoms with Gasteiger partial charge in [-0.05, 0) is 59.7 Å². The van der Waals surface area contributed by atoms with Crippen LogP contribution in [0.15, 0.2) is 78.9 Å². The standard InChI is InChI=1S/C29H25N3O5/c1-36-26-6-4-3-5-20(26)16-30-28(34)19-8-11-22-24(14-19)32-29(35)21-10-7-17(13-23(21)31-22)18-9-12-25(33)27(15-18)37-2/h3-15,31,33H,16H2,1-2H3,(H,30,34)(H,32,35). The number of phenolic OH excluding ortho intramolecular Hbond substituents is 1. The number of carbonyl (C=O) groups is 2. The fraction of sp³-hybridized carbons (Fsp3) is 0.103. The summed E-state index contributed by atoms with van der Waals surface area (Å²) in [5, 5.41) is 19.0. The third-order valence-electron chi connectivity index (χ3n) is 6.21. The molecule has 8 nitrogen and oxygen atoms in total. The first-order valence-electron chi connectivity index (χ1n) is 11.6. The Kier molecular flexibility index (Phi) is 6.38. The van der Waals surface area contributed by atoms with E-state index in [1.165, 1.54) is 7.11 Å². The number of amides is 2. The summed E-state index contributed by atoms with van der Waals surface area (Å²) in [6, 6.07) is 23.1. The van der Waals surface area contributed by atoms with Crippen LogP contribution in [0.2, 0.25) is 0 Å². The molecule has 186 valence electrons. The number of hydrogen-bond donors (Lipinski definition) is 4. The minimum atomic E-state index is -0.289. The van der Waals surface area contributed by atoms with Crippen molar-refractivity contribution in [3.05, 3.63) is 95.6 Å². The highest BCUT2D eigenvalue weighted by Gasteiger charge is 2.21. The number of methoxy groups -OCH3 is 2. The minimum Gasteiger partial charge on any atom is -0.504 e. The molecule has 0 saturated heterocycles. The molecule has 1 aliphatic rings. The summed E-state index contributed by atoms with van der Waals surface area (Å²) in [6.45, 7) is 0.306. The van der Waals surface area contributed by atoms with Crippen LogP contribution in [0.1, 0.15) is 26.3 Å². The second kappa shape index (κ2) is 9.94. The summed E-state index contributed by atoms with van der Waals surface area (Å²) in [6.07, 6.45) is 0. The summed E-state index contributed by atoms with van der Waals surface area (Å²) in [5.41, 5.74) is 5.19. The van der Waals surface area contributed by atoms with Gasteiger partial charge in [0.2, 0.25) is 0 Å². The highest BCUT2D eigenvalue weighted by Crippen LogP contribution is 2.37. The van der Waals surface area contributed by atoms with Gasteiger partial charge in [0.05, 0.1) is 36.8 Å². The molecule has 0 fully saturated rings. The molecule has 1 heterocycles. The minimum absolute atomic E-state index is 0.0511. The lowest BCUT2D eigenvalue weighted by molar-refractivity contribution is 0.0949. The molecule has 0 radical (unpaired) electrons. The summed E-state index contributed by atoms with van der Waals surface area (Å²) in [4.78, 5) is 25.9. The molecule has 4 aromatic rings. The van der Waals surface area contributed by atoms with Gasteiger partial charge in [-0.1, -0.05) is 30.3 Å². The van der Waals surface area contributed by atoms with Gasteiger partial charge in [-0.25, -0.2) is 0 Å². The maximum absolute atomic E-state index is 13.0. The number of fused-ring (bicyclic) bond motifs is 2. The molecule has 37 heavy (non-hydrogen) atoms. The topological polar surface area (TPSA) is 109 Å². The van der Waals surface area contributed by atoms with Crippen molar-refractivity contribution >= 4 is 28.9 Å². The second-order valence-corrected chi connectivity index (χ2v) is 8.48. The van der Waals surface area contributed by atoms with Crippen molar-refractivity contribution in [2.75, 3.05) is 24.9 Å². The lowest BCUT2D eigenvalue weighted by Crippen LogP contribution is -2.23. The third-order valence-corrected chi connectivity index (χ3v) is 6.21. The highest BCUT2D eigenvalue weighted by atomic mass is 16.5. The van der Waals surface area contributed by atoms with Gasteiger partial charge in [-0.3, -0.25) is 9.59 Å². The maximum Gasteiger partial charge on any atom is 0.257 e. The molecule has 1 aliphatic heterocycles. The van der Waals surface area contributed by atoms with Gasteiger partial charge in [0, 0.05) is 17.7 Å². The second-order valence-electron chi connectivity index (χ2n) is 8.48. The first-order chi connectivity index (χ1) is 18.0. The number of ether oxygens (including phenoxy) is 2. The molecule has 0 aromatic heterocycles. The van der Waals surface area contributed by atoms with Crippen LogP contribution in [0.25, 0.3) is 11.1 Å². The Hall–Kier alpha value is -4.98. The Morgan fingerprint density at radius 2 is 1.57 bits per heavy atom. The Morgan fingerprint density at radius 1 is 0.811 bits per heavy atom. The van der Waals surface area contributed by atoms with E-state index in [-0.39, 0.29) is 17.6 Å². The smallest absolute Gasteiger partial charge is 0.257 e. The van der Waals surface area contributed by atoms with Crippen molar-refractivity contribution in [1.82, 2.24) is 5.32 Å². The molecule has 0 aliphatic carbocycles. The monoisotopic (exact) mass is 495 g/mol. The van der Waals surface area contributed by atoms with Crippen molar-refractivity contribution in [2.45, 2.75) is 6.54 Å². The number of rotatable bonds is 6. The normalized spacial score (nSPS) is 11.8. The summed E-state index contributed by atoms with van der Waals surface area (Å²) in [5.74, 6) is 0.551. The van der Waals surface area contributed by atoms with Crippen LogP contribution in [-0.4, -0.2) is 31.1 Å². The third kappa shape index (κ3) is 4.77. The lowest BCUT2D eigenvalue weighted by atomic mass is 10.0. The van der Waals surface area contributed by atoms with E-state index in [4.69, 9.17) is 9.47 Å². The van der Waals surface area contributed by atoms with E-state index < -0.39 is 0 Å². The largest absolute Gasteiger partial charge is 0.504 e. The predicted molar refractivity (Wildman–Crippen MR) is 142 cm³/mol. The summed E-state index contributed by atoms with van der Waals surface area (Å²) in [7, 11) is 3.08. The highest BCUT2D eigenvalue weighted by molar-refractivity contribution is 6.13. The average molecular weight is 496 g/mol. The number of hydrogen-bond acceptors (Lipinski definition) is 6. The van der Waals surface area contributed by atoms with E-state index in [2.05, 4.69) is 16.0 Å². The molecule has 2 amide bonds. The van der Waals surface area contributed by atoms with Gasteiger partial charge in [-0.15, -0.1) is 0 Å². The fourth-order valence-electron chi connectivity index (χ4n) is 4.24. The molecule has 0 saturated carbocycles. The summed E-state index contributed by atoms with van der Waals surface area (Å²) < 4.78 is 10.6. The van der Waals surface area contributed by atoms with E-state index in [0.717, 1.165) is 16.7 Å². The number of nitrogens with one attached hydrogen (secondary N) is 3. The Balaban J connectivity index is 1.39. The fourth-order valence-corrected chi connectivity index (χ4v) is 4.24. The molecule has 5 rings (SSSR count). The zero-order valence-electron chi connectivity index (χ0n) is 20.3. The van der Waals surface area contributed by atoms with Crippen LogP contribution in [0.4, 0.5) is 17.1 Å². The van der Waals surface area contributed by atoms with Crippen LogP contribution in [0.3, 0.4) is 0 Å². The lowest BCUT2D eigenvalue weighted by Gasteiger charge is -2.13. The van der Waals surface area contributed by atoms with Gasteiger partial charge < -0.3 is 30.5 Å². The van der Waals surface area contributed by atoms with Crippen LogP contribution in [-0.2, 0) is 6.54 Å². The van der Waals surface area contributed by atoms with Crippen molar-refractivity contribution in [3.8, 4) is 28.4 Å². The van der Waals surface area contributed by atoms with Gasteiger partial charge in [-0.2, -0.15) is 0 Å². The number of carbonyl (C=O) groups excluding carboxylic acids is 2.